The van der Waals surface area contributed by atoms with Crippen LogP contribution in [-0.2, 0) is 4.79 Å². The van der Waals surface area contributed by atoms with Gasteiger partial charge < -0.3 is 14.8 Å². The smallest absolute Gasteiger partial charge is 0.258 e. The van der Waals surface area contributed by atoms with Crippen LogP contribution in [-0.4, -0.2) is 25.4 Å². The van der Waals surface area contributed by atoms with Crippen molar-refractivity contribution in [2.45, 2.75) is 25.8 Å². The van der Waals surface area contributed by atoms with Crippen molar-refractivity contribution in [1.29, 1.82) is 0 Å². The molecule has 26 heavy (non-hydrogen) atoms. The van der Waals surface area contributed by atoms with Crippen LogP contribution in [0.3, 0.4) is 0 Å². The highest BCUT2D eigenvalue weighted by atomic mass is 16.5. The number of nitrogens with one attached hydrogen (secondary N) is 1. The highest BCUT2D eigenvalue weighted by Gasteiger charge is 2.33. The summed E-state index contributed by atoms with van der Waals surface area (Å²) in [5.41, 5.74) is 1.64. The van der Waals surface area contributed by atoms with E-state index in [1.165, 1.54) is 6.92 Å². The van der Waals surface area contributed by atoms with Gasteiger partial charge in [0.1, 0.15) is 11.5 Å². The second-order valence-corrected chi connectivity index (χ2v) is 6.53. The Labute approximate surface area is 153 Å². The van der Waals surface area contributed by atoms with Crippen LogP contribution in [0.5, 0.6) is 11.5 Å². The summed E-state index contributed by atoms with van der Waals surface area (Å²) in [7, 11) is 1.63. The maximum Gasteiger partial charge on any atom is 0.258 e. The molecular formula is C21H23NO4. The average Bonchev–Trinajstić information content (AvgIpc) is 3.50. The number of rotatable bonds is 8. The molecule has 3 rings (SSSR count). The largest absolute Gasteiger partial charge is 0.497 e. The van der Waals surface area contributed by atoms with E-state index < -0.39 is 0 Å². The zero-order valence-electron chi connectivity index (χ0n) is 15.0. The Hall–Kier alpha value is -2.82. The Kier molecular flexibility index (Phi) is 5.56. The van der Waals surface area contributed by atoms with Gasteiger partial charge in [-0.25, -0.2) is 0 Å². The molecule has 0 radical (unpaired) electrons. The predicted molar refractivity (Wildman–Crippen MR) is 98.5 cm³/mol. The maximum absolute atomic E-state index is 12.3. The van der Waals surface area contributed by atoms with Gasteiger partial charge in [0.05, 0.1) is 13.2 Å². The number of hydrogen-bond acceptors (Lipinski definition) is 4. The van der Waals surface area contributed by atoms with Crippen molar-refractivity contribution < 1.29 is 19.1 Å². The third-order valence-corrected chi connectivity index (χ3v) is 4.50. The van der Waals surface area contributed by atoms with Gasteiger partial charge >= 0.3 is 0 Å². The Morgan fingerprint density at radius 2 is 1.85 bits per heavy atom. The standard InChI is InChI=1S/C21H23NO4/c1-14(23)17-4-3-5-19(12-17)26-13-20(24)22-21(15-6-7-15)16-8-10-18(25-2)11-9-16/h3-5,8-12,15,21H,6-7,13H2,1-2H3,(H,22,24). The fourth-order valence-electron chi connectivity index (χ4n) is 2.88. The van der Waals surface area contributed by atoms with Gasteiger partial charge in [0.15, 0.2) is 12.4 Å². The number of amides is 1. The molecule has 0 aliphatic heterocycles. The van der Waals surface area contributed by atoms with Gasteiger partial charge in [0.25, 0.3) is 5.91 Å². The predicted octanol–water partition coefficient (Wildman–Crippen LogP) is 3.54. The lowest BCUT2D eigenvalue weighted by Crippen LogP contribution is -2.33. The van der Waals surface area contributed by atoms with E-state index in [0.717, 1.165) is 24.2 Å². The first-order valence-corrected chi connectivity index (χ1v) is 8.74. The molecule has 0 heterocycles. The van der Waals surface area contributed by atoms with E-state index in [1.54, 1.807) is 31.4 Å². The summed E-state index contributed by atoms with van der Waals surface area (Å²) in [5.74, 6) is 1.57. The van der Waals surface area contributed by atoms with Crippen LogP contribution in [0.4, 0.5) is 0 Å². The summed E-state index contributed by atoms with van der Waals surface area (Å²) in [6.45, 7) is 1.42. The second kappa shape index (κ2) is 8.04. The van der Waals surface area contributed by atoms with Crippen molar-refractivity contribution in [3.8, 4) is 11.5 Å². The quantitative estimate of drug-likeness (QED) is 0.737. The van der Waals surface area contributed by atoms with Crippen LogP contribution in [0.2, 0.25) is 0 Å². The first-order valence-electron chi connectivity index (χ1n) is 8.74. The van der Waals surface area contributed by atoms with Crippen molar-refractivity contribution in [3.63, 3.8) is 0 Å². The zero-order valence-corrected chi connectivity index (χ0v) is 15.0. The molecular weight excluding hydrogens is 330 g/mol. The van der Waals surface area contributed by atoms with Gasteiger partial charge in [0.2, 0.25) is 0 Å². The highest BCUT2D eigenvalue weighted by molar-refractivity contribution is 5.94. The van der Waals surface area contributed by atoms with E-state index in [-0.39, 0.29) is 24.3 Å². The fourth-order valence-corrected chi connectivity index (χ4v) is 2.88. The van der Waals surface area contributed by atoms with Crippen LogP contribution >= 0.6 is 0 Å². The topological polar surface area (TPSA) is 64.6 Å². The Balaban J connectivity index is 1.60. The number of Topliss-reactive ketones (excluding diaryl/α,β-unsaturated/α-hetero) is 1. The van der Waals surface area contributed by atoms with Crippen molar-refractivity contribution in [3.05, 3.63) is 59.7 Å². The van der Waals surface area contributed by atoms with Gasteiger partial charge in [-0.1, -0.05) is 24.3 Å². The van der Waals surface area contributed by atoms with Crippen molar-refractivity contribution in [1.82, 2.24) is 5.32 Å². The fraction of sp³-hybridized carbons (Fsp3) is 0.333. The molecule has 136 valence electrons. The normalized spacial score (nSPS) is 14.4. The van der Waals surface area contributed by atoms with Crippen molar-refractivity contribution >= 4 is 11.7 Å². The molecule has 0 saturated heterocycles. The molecule has 1 amide bonds. The van der Waals surface area contributed by atoms with Crippen LogP contribution in [0.25, 0.3) is 0 Å². The molecule has 1 fully saturated rings. The third kappa shape index (κ3) is 4.63. The van der Waals surface area contributed by atoms with Crippen LogP contribution < -0.4 is 14.8 Å². The molecule has 5 nitrogen and oxygen atoms in total. The Morgan fingerprint density at radius 1 is 1.12 bits per heavy atom. The molecule has 1 unspecified atom stereocenters. The summed E-state index contributed by atoms with van der Waals surface area (Å²) in [6, 6.07) is 14.6. The summed E-state index contributed by atoms with van der Waals surface area (Å²) in [4.78, 5) is 23.8. The highest BCUT2D eigenvalue weighted by Crippen LogP contribution is 2.41. The summed E-state index contributed by atoms with van der Waals surface area (Å²) in [5, 5.41) is 3.07. The maximum atomic E-state index is 12.3. The Morgan fingerprint density at radius 3 is 2.46 bits per heavy atom. The number of ketones is 1. The van der Waals surface area contributed by atoms with Gasteiger partial charge in [-0.2, -0.15) is 0 Å². The summed E-state index contributed by atoms with van der Waals surface area (Å²) < 4.78 is 10.7. The molecule has 1 aliphatic rings. The van der Waals surface area contributed by atoms with Gasteiger partial charge in [-0.3, -0.25) is 9.59 Å². The molecule has 2 aromatic rings. The first kappa shape index (κ1) is 18.0. The molecule has 2 aromatic carbocycles. The average molecular weight is 353 g/mol. The van der Waals surface area contributed by atoms with E-state index in [1.807, 2.05) is 24.3 Å². The SMILES string of the molecule is COc1ccc(C(NC(=O)COc2cccc(C(C)=O)c2)C2CC2)cc1. The van der Waals surface area contributed by atoms with E-state index in [0.29, 0.717) is 17.2 Å². The van der Waals surface area contributed by atoms with Crippen LogP contribution in [0.1, 0.15) is 41.7 Å². The Bertz CT molecular complexity index is 781. The molecule has 1 aliphatic carbocycles. The van der Waals surface area contributed by atoms with Crippen molar-refractivity contribution in [2.75, 3.05) is 13.7 Å². The number of ether oxygens (including phenoxy) is 2. The van der Waals surface area contributed by atoms with Crippen LogP contribution in [0.15, 0.2) is 48.5 Å². The zero-order chi connectivity index (χ0) is 18.5. The number of methoxy groups -OCH3 is 1. The third-order valence-electron chi connectivity index (χ3n) is 4.50. The molecule has 0 bridgehead atoms. The molecule has 0 aromatic heterocycles. The van der Waals surface area contributed by atoms with Gasteiger partial charge in [-0.15, -0.1) is 0 Å². The number of carbonyl (C=O) groups is 2. The van der Waals surface area contributed by atoms with Crippen LogP contribution in [0, 0.1) is 5.92 Å². The van der Waals surface area contributed by atoms with E-state index in [2.05, 4.69) is 5.32 Å². The lowest BCUT2D eigenvalue weighted by atomic mass is 10.0. The van der Waals surface area contributed by atoms with E-state index in [9.17, 15) is 9.59 Å². The van der Waals surface area contributed by atoms with Crippen molar-refractivity contribution in [2.24, 2.45) is 5.92 Å². The minimum Gasteiger partial charge on any atom is -0.497 e. The van der Waals surface area contributed by atoms with E-state index in [4.69, 9.17) is 9.47 Å². The number of hydrogen-bond donors (Lipinski definition) is 1. The minimum atomic E-state index is -0.175. The molecule has 5 heteroatoms. The monoisotopic (exact) mass is 353 g/mol. The second-order valence-electron chi connectivity index (χ2n) is 6.53. The molecule has 0 spiro atoms. The minimum absolute atomic E-state index is 0.0134. The summed E-state index contributed by atoms with van der Waals surface area (Å²) >= 11 is 0. The molecule has 1 saturated carbocycles. The number of benzene rings is 2. The van der Waals surface area contributed by atoms with Gasteiger partial charge in [-0.05, 0) is 55.5 Å². The molecule has 1 N–H and O–H groups in total. The lowest BCUT2D eigenvalue weighted by Gasteiger charge is -2.19. The van der Waals surface area contributed by atoms with Gasteiger partial charge in [0, 0.05) is 5.56 Å². The summed E-state index contributed by atoms with van der Waals surface area (Å²) in [6.07, 6.45) is 2.22. The first-order chi connectivity index (χ1) is 12.6. The molecule has 1 atom stereocenters. The van der Waals surface area contributed by atoms with E-state index >= 15 is 0 Å². The number of carbonyl (C=O) groups excluding carboxylic acids is 2. The lowest BCUT2D eigenvalue weighted by molar-refractivity contribution is -0.124.